The number of benzene rings is 1. The average Bonchev–Trinajstić information content (AvgIpc) is 3.01. The highest BCUT2D eigenvalue weighted by atomic mass is 79.9. The number of halogens is 1. The van der Waals surface area contributed by atoms with Crippen LogP contribution in [0.2, 0.25) is 0 Å². The predicted molar refractivity (Wildman–Crippen MR) is 64.7 cm³/mol. The van der Waals surface area contributed by atoms with Gasteiger partial charge in [-0.25, -0.2) is 0 Å². The maximum atomic E-state index is 9.05. The van der Waals surface area contributed by atoms with Gasteiger partial charge in [-0.2, -0.15) is 5.26 Å². The fourth-order valence-electron chi connectivity index (χ4n) is 1.72. The van der Waals surface area contributed by atoms with Gasteiger partial charge in [-0.05, 0) is 53.7 Å². The van der Waals surface area contributed by atoms with Crippen LogP contribution in [0.1, 0.15) is 25.3 Å². The third-order valence-electron chi connectivity index (χ3n) is 2.84. The summed E-state index contributed by atoms with van der Waals surface area (Å²) in [6, 6.07) is 8.49. The van der Waals surface area contributed by atoms with E-state index >= 15 is 0 Å². The minimum Gasteiger partial charge on any atom is -0.381 e. The Hall–Kier alpha value is -1.01. The van der Waals surface area contributed by atoms with E-state index in [4.69, 9.17) is 5.26 Å². The first kappa shape index (κ1) is 10.5. The molecule has 0 amide bonds. The Morgan fingerprint density at radius 2 is 2.27 bits per heavy atom. The van der Waals surface area contributed by atoms with E-state index in [2.05, 4.69) is 34.2 Å². The molecule has 0 saturated heterocycles. The molecule has 2 nitrogen and oxygen atoms in total. The molecule has 2 rings (SSSR count). The van der Waals surface area contributed by atoms with Gasteiger partial charge in [0.15, 0.2) is 0 Å². The summed E-state index contributed by atoms with van der Waals surface area (Å²) in [6.45, 7) is 2.18. The summed E-state index contributed by atoms with van der Waals surface area (Å²) in [5.41, 5.74) is 1.64. The van der Waals surface area contributed by atoms with E-state index in [1.165, 1.54) is 12.8 Å². The van der Waals surface area contributed by atoms with Crippen molar-refractivity contribution in [3.05, 3.63) is 28.2 Å². The lowest BCUT2D eigenvalue weighted by atomic mass is 10.1. The number of nitriles is 1. The van der Waals surface area contributed by atoms with Crippen molar-refractivity contribution in [2.45, 2.75) is 25.8 Å². The van der Waals surface area contributed by atoms with E-state index in [0.717, 1.165) is 16.1 Å². The maximum absolute atomic E-state index is 9.05. The Morgan fingerprint density at radius 3 is 2.87 bits per heavy atom. The summed E-state index contributed by atoms with van der Waals surface area (Å²) in [7, 11) is 0. The van der Waals surface area contributed by atoms with Crippen molar-refractivity contribution in [3.8, 4) is 6.07 Å². The van der Waals surface area contributed by atoms with Crippen molar-refractivity contribution < 1.29 is 0 Å². The van der Waals surface area contributed by atoms with Crippen LogP contribution >= 0.6 is 15.9 Å². The standard InChI is InChI=1S/C12H13BrN2/c1-8(9-5-6-9)15-12-4-2-3-11(13)10(12)7-14/h2-4,8-9,15H,5-6H2,1H3. The highest BCUT2D eigenvalue weighted by Gasteiger charge is 2.28. The van der Waals surface area contributed by atoms with E-state index < -0.39 is 0 Å². The van der Waals surface area contributed by atoms with E-state index in [1.807, 2.05) is 18.2 Å². The molecule has 1 aliphatic carbocycles. The van der Waals surface area contributed by atoms with Crippen molar-refractivity contribution in [1.29, 1.82) is 5.26 Å². The van der Waals surface area contributed by atoms with Crippen LogP contribution in [-0.4, -0.2) is 6.04 Å². The molecule has 1 aromatic carbocycles. The van der Waals surface area contributed by atoms with E-state index in [0.29, 0.717) is 11.6 Å². The average molecular weight is 265 g/mol. The highest BCUT2D eigenvalue weighted by molar-refractivity contribution is 9.10. The Labute approximate surface area is 98.4 Å². The topological polar surface area (TPSA) is 35.8 Å². The maximum Gasteiger partial charge on any atom is 0.103 e. The normalized spacial score (nSPS) is 16.9. The highest BCUT2D eigenvalue weighted by Crippen LogP contribution is 2.35. The molecule has 1 aromatic rings. The molecular formula is C12H13BrN2. The van der Waals surface area contributed by atoms with Crippen LogP contribution in [0, 0.1) is 17.2 Å². The van der Waals surface area contributed by atoms with Crippen molar-refractivity contribution >= 4 is 21.6 Å². The molecule has 1 saturated carbocycles. The Bertz CT molecular complexity index is 405. The largest absolute Gasteiger partial charge is 0.381 e. The van der Waals surface area contributed by atoms with Crippen LogP contribution in [0.5, 0.6) is 0 Å². The fourth-order valence-corrected chi connectivity index (χ4v) is 2.17. The van der Waals surface area contributed by atoms with Gasteiger partial charge in [0.1, 0.15) is 6.07 Å². The Balaban J connectivity index is 2.20. The second-order valence-corrected chi connectivity index (χ2v) is 4.90. The van der Waals surface area contributed by atoms with Gasteiger partial charge in [0.25, 0.3) is 0 Å². The minimum absolute atomic E-state index is 0.464. The zero-order chi connectivity index (χ0) is 10.8. The molecule has 0 radical (unpaired) electrons. The predicted octanol–water partition coefficient (Wildman–Crippen LogP) is 3.53. The molecule has 3 heteroatoms. The lowest BCUT2D eigenvalue weighted by Crippen LogP contribution is -2.17. The van der Waals surface area contributed by atoms with Crippen molar-refractivity contribution in [3.63, 3.8) is 0 Å². The van der Waals surface area contributed by atoms with Crippen molar-refractivity contribution in [2.24, 2.45) is 5.92 Å². The van der Waals surface area contributed by atoms with Gasteiger partial charge in [0, 0.05) is 10.5 Å². The van der Waals surface area contributed by atoms with E-state index in [1.54, 1.807) is 0 Å². The SMILES string of the molecule is CC(Nc1cccc(Br)c1C#N)C1CC1. The minimum atomic E-state index is 0.464. The molecule has 0 aliphatic heterocycles. The number of nitrogens with zero attached hydrogens (tertiary/aromatic N) is 1. The summed E-state index contributed by atoms with van der Waals surface area (Å²) in [5, 5.41) is 12.5. The molecule has 1 unspecified atom stereocenters. The lowest BCUT2D eigenvalue weighted by molar-refractivity contribution is 0.694. The molecular weight excluding hydrogens is 252 g/mol. The van der Waals surface area contributed by atoms with Crippen LogP contribution in [0.25, 0.3) is 0 Å². The second-order valence-electron chi connectivity index (χ2n) is 4.04. The molecule has 1 N–H and O–H groups in total. The van der Waals surface area contributed by atoms with Crippen LogP contribution in [0.4, 0.5) is 5.69 Å². The molecule has 1 fully saturated rings. The van der Waals surface area contributed by atoms with Gasteiger partial charge < -0.3 is 5.32 Å². The number of rotatable bonds is 3. The first-order chi connectivity index (χ1) is 7.22. The number of anilines is 1. The first-order valence-electron chi connectivity index (χ1n) is 5.17. The van der Waals surface area contributed by atoms with Gasteiger partial charge in [-0.1, -0.05) is 6.07 Å². The molecule has 0 bridgehead atoms. The van der Waals surface area contributed by atoms with Gasteiger partial charge in [-0.3, -0.25) is 0 Å². The smallest absolute Gasteiger partial charge is 0.103 e. The fraction of sp³-hybridized carbons (Fsp3) is 0.417. The summed E-state index contributed by atoms with van der Waals surface area (Å²) in [6.07, 6.45) is 2.62. The molecule has 15 heavy (non-hydrogen) atoms. The van der Waals surface area contributed by atoms with E-state index in [-0.39, 0.29) is 0 Å². The third-order valence-corrected chi connectivity index (χ3v) is 3.50. The zero-order valence-electron chi connectivity index (χ0n) is 8.63. The van der Waals surface area contributed by atoms with Gasteiger partial charge in [-0.15, -0.1) is 0 Å². The molecule has 1 aliphatic rings. The molecule has 0 spiro atoms. The summed E-state index contributed by atoms with van der Waals surface area (Å²) < 4.78 is 0.859. The molecule has 0 aromatic heterocycles. The summed E-state index contributed by atoms with van der Waals surface area (Å²) >= 11 is 3.39. The van der Waals surface area contributed by atoms with Crippen LogP contribution in [-0.2, 0) is 0 Å². The van der Waals surface area contributed by atoms with E-state index in [9.17, 15) is 0 Å². The Kier molecular flexibility index (Phi) is 2.97. The lowest BCUT2D eigenvalue weighted by Gasteiger charge is -2.15. The monoisotopic (exact) mass is 264 g/mol. The van der Waals surface area contributed by atoms with Crippen molar-refractivity contribution in [1.82, 2.24) is 0 Å². The molecule has 1 atom stereocenters. The van der Waals surface area contributed by atoms with Gasteiger partial charge in [0.05, 0.1) is 11.3 Å². The van der Waals surface area contributed by atoms with Gasteiger partial charge >= 0.3 is 0 Å². The molecule has 78 valence electrons. The van der Waals surface area contributed by atoms with Crippen molar-refractivity contribution in [2.75, 3.05) is 5.32 Å². The van der Waals surface area contributed by atoms with Crippen LogP contribution in [0.15, 0.2) is 22.7 Å². The number of hydrogen-bond donors (Lipinski definition) is 1. The van der Waals surface area contributed by atoms with Crippen LogP contribution < -0.4 is 5.32 Å². The quantitative estimate of drug-likeness (QED) is 0.907. The zero-order valence-corrected chi connectivity index (χ0v) is 10.2. The Morgan fingerprint density at radius 1 is 1.53 bits per heavy atom. The number of nitrogens with one attached hydrogen (secondary N) is 1. The molecule has 0 heterocycles. The second kappa shape index (κ2) is 4.24. The summed E-state index contributed by atoms with van der Waals surface area (Å²) in [5.74, 6) is 0.788. The number of hydrogen-bond acceptors (Lipinski definition) is 2. The van der Waals surface area contributed by atoms with Crippen LogP contribution in [0.3, 0.4) is 0 Å². The van der Waals surface area contributed by atoms with Gasteiger partial charge in [0.2, 0.25) is 0 Å². The first-order valence-corrected chi connectivity index (χ1v) is 5.97. The summed E-state index contributed by atoms with van der Waals surface area (Å²) in [4.78, 5) is 0. The third kappa shape index (κ3) is 2.32.